The average Bonchev–Trinajstić information content (AvgIpc) is 3.30. The number of nitrogens with zero attached hydrogens (tertiary/aromatic N) is 2. The number of rotatable bonds is 6. The lowest BCUT2D eigenvalue weighted by molar-refractivity contribution is -0.147. The van der Waals surface area contributed by atoms with Crippen molar-refractivity contribution in [2.24, 2.45) is 0 Å². The Kier molecular flexibility index (Phi) is 5.16. The van der Waals surface area contributed by atoms with Crippen molar-refractivity contribution in [3.63, 3.8) is 0 Å². The van der Waals surface area contributed by atoms with Gasteiger partial charge in [-0.25, -0.2) is 4.79 Å². The minimum Gasteiger partial charge on any atom is -0.480 e. The van der Waals surface area contributed by atoms with Crippen molar-refractivity contribution in [1.29, 1.82) is 0 Å². The first-order valence-electron chi connectivity index (χ1n) is 8.16. The molecule has 1 aliphatic heterocycles. The van der Waals surface area contributed by atoms with Gasteiger partial charge in [0.2, 0.25) is 5.91 Å². The zero-order valence-corrected chi connectivity index (χ0v) is 13.9. The molecule has 9 heteroatoms. The molecule has 0 radical (unpaired) electrons. The maximum Gasteiger partial charge on any atom is 0.326 e. The number of carboxylic acid groups (broad SMARTS) is 1. The number of aromatic nitrogens is 2. The zero-order valence-electron chi connectivity index (χ0n) is 13.9. The van der Waals surface area contributed by atoms with Crippen molar-refractivity contribution in [2.75, 3.05) is 18.4 Å². The number of anilines is 1. The quantitative estimate of drug-likeness (QED) is 0.589. The molecule has 1 aliphatic rings. The van der Waals surface area contributed by atoms with Crippen LogP contribution in [0.4, 0.5) is 5.82 Å². The van der Waals surface area contributed by atoms with Crippen LogP contribution in [0, 0.1) is 0 Å². The monoisotopic (exact) mass is 357 g/mol. The molecule has 0 saturated carbocycles. The van der Waals surface area contributed by atoms with Crippen molar-refractivity contribution in [2.45, 2.75) is 18.5 Å². The topological polar surface area (TPSA) is 127 Å². The van der Waals surface area contributed by atoms with Crippen LogP contribution in [-0.4, -0.2) is 63.2 Å². The molecular formula is C17H19N5O4. The van der Waals surface area contributed by atoms with Gasteiger partial charge in [0.25, 0.3) is 5.91 Å². The number of aromatic amines is 1. The number of aliphatic carboxylic acids is 1. The number of carbonyl (C=O) groups is 3. The molecule has 0 unspecified atom stereocenters. The number of nitrogens with one attached hydrogen (secondary N) is 3. The molecule has 1 fully saturated rings. The first kappa shape index (κ1) is 17.5. The van der Waals surface area contributed by atoms with Crippen LogP contribution in [0.5, 0.6) is 0 Å². The molecule has 2 aromatic rings. The third-order valence-electron chi connectivity index (χ3n) is 4.21. The lowest BCUT2D eigenvalue weighted by Crippen LogP contribution is -2.44. The van der Waals surface area contributed by atoms with E-state index < -0.39 is 18.1 Å². The third kappa shape index (κ3) is 4.00. The number of hydrogen-bond donors (Lipinski definition) is 4. The van der Waals surface area contributed by atoms with Crippen molar-refractivity contribution in [3.8, 4) is 0 Å². The Bertz CT molecular complexity index is 778. The molecule has 0 spiro atoms. The summed E-state index contributed by atoms with van der Waals surface area (Å²) in [6.45, 7) is 0.0877. The lowest BCUT2D eigenvalue weighted by Gasteiger charge is -2.21. The van der Waals surface area contributed by atoms with E-state index in [1.165, 1.54) is 11.1 Å². The Balaban J connectivity index is 1.61. The number of likely N-dealkylation sites (tertiary alicyclic amines) is 1. The Morgan fingerprint density at radius 2 is 2.00 bits per heavy atom. The zero-order chi connectivity index (χ0) is 18.5. The summed E-state index contributed by atoms with van der Waals surface area (Å²) in [4.78, 5) is 37.4. The second-order valence-electron chi connectivity index (χ2n) is 6.00. The standard InChI is InChI=1S/C17H19N5O4/c23-15(9-18-14-6-7-19-21-14)22-10-12(8-13(22)17(25)26)20-16(24)11-4-2-1-3-5-11/h1-7,12-13H,8-10H2,(H,20,24)(H,25,26)(H2,18,19,21)/t12-,13+/m1/s1. The summed E-state index contributed by atoms with van der Waals surface area (Å²) in [7, 11) is 0. The van der Waals surface area contributed by atoms with Gasteiger partial charge in [-0.3, -0.25) is 14.7 Å². The smallest absolute Gasteiger partial charge is 0.326 e. The fraction of sp³-hybridized carbons (Fsp3) is 0.294. The summed E-state index contributed by atoms with van der Waals surface area (Å²) in [6.07, 6.45) is 1.71. The van der Waals surface area contributed by atoms with E-state index in [0.717, 1.165) is 0 Å². The molecule has 4 N–H and O–H groups in total. The largest absolute Gasteiger partial charge is 0.480 e. The minimum absolute atomic E-state index is 0.0642. The van der Waals surface area contributed by atoms with Crippen LogP contribution >= 0.6 is 0 Å². The second kappa shape index (κ2) is 7.68. The van der Waals surface area contributed by atoms with Gasteiger partial charge < -0.3 is 20.6 Å². The van der Waals surface area contributed by atoms with Gasteiger partial charge >= 0.3 is 5.97 Å². The molecule has 0 bridgehead atoms. The number of H-pyrrole nitrogens is 1. The normalized spacial score (nSPS) is 19.2. The van der Waals surface area contributed by atoms with Gasteiger partial charge in [-0.05, 0) is 18.2 Å². The summed E-state index contributed by atoms with van der Waals surface area (Å²) in [5.41, 5.74) is 0.491. The van der Waals surface area contributed by atoms with E-state index in [4.69, 9.17) is 0 Å². The van der Waals surface area contributed by atoms with Crippen molar-refractivity contribution < 1.29 is 19.5 Å². The molecule has 2 heterocycles. The number of amides is 2. The highest BCUT2D eigenvalue weighted by molar-refractivity contribution is 5.94. The van der Waals surface area contributed by atoms with Gasteiger partial charge in [0.15, 0.2) is 0 Å². The van der Waals surface area contributed by atoms with Crippen molar-refractivity contribution in [3.05, 3.63) is 48.2 Å². The van der Waals surface area contributed by atoms with Gasteiger partial charge in [-0.1, -0.05) is 18.2 Å². The molecule has 2 atom stereocenters. The third-order valence-corrected chi connectivity index (χ3v) is 4.21. The molecule has 1 aromatic heterocycles. The minimum atomic E-state index is -1.09. The van der Waals surface area contributed by atoms with Gasteiger partial charge in [0.05, 0.1) is 12.7 Å². The van der Waals surface area contributed by atoms with Crippen LogP contribution in [-0.2, 0) is 9.59 Å². The number of hydrogen-bond acceptors (Lipinski definition) is 5. The molecule has 1 saturated heterocycles. The van der Waals surface area contributed by atoms with Crippen molar-refractivity contribution >= 4 is 23.6 Å². The Hall–Kier alpha value is -3.36. The van der Waals surface area contributed by atoms with Gasteiger partial charge in [0, 0.05) is 24.6 Å². The van der Waals surface area contributed by atoms with E-state index in [-0.39, 0.29) is 31.3 Å². The molecule has 3 rings (SSSR count). The predicted octanol–water partition coefficient (Wildman–Crippen LogP) is 0.306. The van der Waals surface area contributed by atoms with Crippen LogP contribution in [0.2, 0.25) is 0 Å². The van der Waals surface area contributed by atoms with E-state index in [1.54, 1.807) is 36.4 Å². The highest BCUT2D eigenvalue weighted by Crippen LogP contribution is 2.19. The first-order chi connectivity index (χ1) is 12.5. The average molecular weight is 357 g/mol. The molecule has 1 aromatic carbocycles. The van der Waals surface area contributed by atoms with Crippen LogP contribution in [0.25, 0.3) is 0 Å². The second-order valence-corrected chi connectivity index (χ2v) is 6.00. The van der Waals surface area contributed by atoms with E-state index >= 15 is 0 Å². The van der Waals surface area contributed by atoms with E-state index in [9.17, 15) is 19.5 Å². The van der Waals surface area contributed by atoms with E-state index in [2.05, 4.69) is 20.8 Å². The fourth-order valence-electron chi connectivity index (χ4n) is 2.94. The van der Waals surface area contributed by atoms with E-state index in [0.29, 0.717) is 11.4 Å². The van der Waals surface area contributed by atoms with Gasteiger partial charge in [-0.2, -0.15) is 5.10 Å². The van der Waals surface area contributed by atoms with Crippen LogP contribution < -0.4 is 10.6 Å². The SMILES string of the molecule is O=C(N[C@@H]1C[C@@H](C(=O)O)N(C(=O)CNc2ccn[nH]2)C1)c1ccccc1. The summed E-state index contributed by atoms with van der Waals surface area (Å²) in [5, 5.41) is 21.5. The fourth-order valence-corrected chi connectivity index (χ4v) is 2.94. The maximum atomic E-state index is 12.4. The van der Waals surface area contributed by atoms with Gasteiger partial charge in [0.1, 0.15) is 11.9 Å². The summed E-state index contributed by atoms with van der Waals surface area (Å²) < 4.78 is 0. The Morgan fingerprint density at radius 3 is 2.65 bits per heavy atom. The molecule has 0 aliphatic carbocycles. The van der Waals surface area contributed by atoms with Crippen LogP contribution in [0.15, 0.2) is 42.6 Å². The summed E-state index contributed by atoms with van der Waals surface area (Å²) in [6, 6.07) is 8.94. The van der Waals surface area contributed by atoms with Gasteiger partial charge in [-0.15, -0.1) is 0 Å². The number of carbonyl (C=O) groups excluding carboxylic acids is 2. The number of carboxylic acids is 1. The molecule has 136 valence electrons. The molecule has 2 amide bonds. The molecule has 9 nitrogen and oxygen atoms in total. The number of benzene rings is 1. The highest BCUT2D eigenvalue weighted by Gasteiger charge is 2.40. The van der Waals surface area contributed by atoms with Crippen LogP contribution in [0.1, 0.15) is 16.8 Å². The molecular weight excluding hydrogens is 338 g/mol. The van der Waals surface area contributed by atoms with Crippen LogP contribution in [0.3, 0.4) is 0 Å². The summed E-state index contributed by atoms with van der Waals surface area (Å²) in [5.74, 6) is -1.16. The lowest BCUT2D eigenvalue weighted by atomic mass is 10.1. The highest BCUT2D eigenvalue weighted by atomic mass is 16.4. The predicted molar refractivity (Wildman–Crippen MR) is 92.5 cm³/mol. The first-order valence-corrected chi connectivity index (χ1v) is 8.16. The van der Waals surface area contributed by atoms with E-state index in [1.807, 2.05) is 0 Å². The Labute approximate surface area is 149 Å². The summed E-state index contributed by atoms with van der Waals surface area (Å²) >= 11 is 0. The Morgan fingerprint density at radius 1 is 1.23 bits per heavy atom. The van der Waals surface area contributed by atoms with Crippen molar-refractivity contribution in [1.82, 2.24) is 20.4 Å². The molecule has 26 heavy (non-hydrogen) atoms. The maximum absolute atomic E-state index is 12.4.